The van der Waals surface area contributed by atoms with E-state index in [1.807, 2.05) is 0 Å². The molecule has 0 saturated carbocycles. The predicted molar refractivity (Wildman–Crippen MR) is 111 cm³/mol. The van der Waals surface area contributed by atoms with Crippen molar-refractivity contribution in [3.63, 3.8) is 0 Å². The largest absolute Gasteiger partial charge is 0.497 e. The smallest absolute Gasteiger partial charge is 0.359 e. The molecule has 0 aliphatic carbocycles. The highest BCUT2D eigenvalue weighted by molar-refractivity contribution is 7.16. The molecule has 0 saturated heterocycles. The van der Waals surface area contributed by atoms with Gasteiger partial charge in [-0.15, -0.1) is 11.3 Å². The number of nitrogens with one attached hydrogen (secondary N) is 1. The fourth-order valence-corrected chi connectivity index (χ4v) is 3.61. The van der Waals surface area contributed by atoms with E-state index in [9.17, 15) is 14.4 Å². The number of nitrogens with zero attached hydrogens (tertiary/aromatic N) is 2. The second kappa shape index (κ2) is 8.44. The first-order chi connectivity index (χ1) is 13.9. The summed E-state index contributed by atoms with van der Waals surface area (Å²) >= 11 is 1.17. The molecule has 0 aliphatic rings. The average molecular weight is 415 g/mol. The molecule has 0 unspecified atom stereocenters. The molecule has 1 amide bonds. The lowest BCUT2D eigenvalue weighted by Crippen LogP contribution is -2.26. The van der Waals surface area contributed by atoms with Gasteiger partial charge in [0.15, 0.2) is 5.69 Å². The Morgan fingerprint density at radius 3 is 2.72 bits per heavy atom. The SMILES string of the molecule is CCOC(=O)c1nn(-c2cccc(OC)c2)c(=O)c2c(NC(=O)C(C)C)scc12. The number of methoxy groups -OCH3 is 1. The maximum Gasteiger partial charge on any atom is 0.359 e. The molecule has 0 radical (unpaired) electrons. The van der Waals surface area contributed by atoms with E-state index in [0.717, 1.165) is 4.68 Å². The number of esters is 1. The lowest BCUT2D eigenvalue weighted by Gasteiger charge is -2.11. The van der Waals surface area contributed by atoms with E-state index >= 15 is 0 Å². The van der Waals surface area contributed by atoms with Gasteiger partial charge in [0, 0.05) is 22.8 Å². The van der Waals surface area contributed by atoms with E-state index in [0.29, 0.717) is 21.8 Å². The topological polar surface area (TPSA) is 99.5 Å². The Morgan fingerprint density at radius 1 is 1.31 bits per heavy atom. The Hall–Kier alpha value is -3.20. The first-order valence-corrected chi connectivity index (χ1v) is 9.92. The summed E-state index contributed by atoms with van der Waals surface area (Å²) in [6, 6.07) is 6.76. The van der Waals surface area contributed by atoms with Crippen LogP contribution in [0, 0.1) is 5.92 Å². The molecular formula is C20H21N3O5S. The molecule has 29 heavy (non-hydrogen) atoms. The molecule has 1 aromatic carbocycles. The fourth-order valence-electron chi connectivity index (χ4n) is 2.67. The fraction of sp³-hybridized carbons (Fsp3) is 0.300. The second-order valence-corrected chi connectivity index (χ2v) is 7.36. The van der Waals surface area contributed by atoms with Gasteiger partial charge >= 0.3 is 5.97 Å². The number of ether oxygens (including phenoxy) is 2. The van der Waals surface area contributed by atoms with Crippen LogP contribution in [0.25, 0.3) is 16.5 Å². The minimum Gasteiger partial charge on any atom is -0.497 e. The summed E-state index contributed by atoms with van der Waals surface area (Å²) < 4.78 is 11.5. The molecule has 9 heteroatoms. The van der Waals surface area contributed by atoms with Crippen molar-refractivity contribution in [2.75, 3.05) is 19.0 Å². The van der Waals surface area contributed by atoms with E-state index < -0.39 is 11.5 Å². The van der Waals surface area contributed by atoms with Crippen molar-refractivity contribution < 1.29 is 19.1 Å². The summed E-state index contributed by atoms with van der Waals surface area (Å²) in [7, 11) is 1.51. The van der Waals surface area contributed by atoms with Crippen LogP contribution in [0.1, 0.15) is 31.3 Å². The Balaban J connectivity index is 2.28. The molecule has 0 bridgehead atoms. The Labute approximate surface area is 171 Å². The number of fused-ring (bicyclic) bond motifs is 1. The highest BCUT2D eigenvalue weighted by atomic mass is 32.1. The minimum atomic E-state index is -0.645. The number of hydrogen-bond acceptors (Lipinski definition) is 7. The summed E-state index contributed by atoms with van der Waals surface area (Å²) in [6.07, 6.45) is 0. The van der Waals surface area contributed by atoms with E-state index in [2.05, 4.69) is 10.4 Å². The van der Waals surface area contributed by atoms with Crippen LogP contribution >= 0.6 is 11.3 Å². The second-order valence-electron chi connectivity index (χ2n) is 6.48. The summed E-state index contributed by atoms with van der Waals surface area (Å²) in [5.74, 6) is -0.601. The van der Waals surface area contributed by atoms with E-state index in [1.54, 1.807) is 50.4 Å². The van der Waals surface area contributed by atoms with Crippen LogP contribution in [0.2, 0.25) is 0 Å². The number of hydrogen-bond donors (Lipinski definition) is 1. The van der Waals surface area contributed by atoms with Crippen LogP contribution in [0.3, 0.4) is 0 Å². The third kappa shape index (κ3) is 4.00. The van der Waals surface area contributed by atoms with Gasteiger partial charge in [0.1, 0.15) is 10.8 Å². The maximum absolute atomic E-state index is 13.3. The lowest BCUT2D eigenvalue weighted by atomic mass is 10.2. The number of thiophene rings is 1. The van der Waals surface area contributed by atoms with Gasteiger partial charge in [0.25, 0.3) is 5.56 Å². The first kappa shape index (κ1) is 20.5. The zero-order chi connectivity index (χ0) is 21.1. The van der Waals surface area contributed by atoms with Crippen LogP contribution in [0.4, 0.5) is 5.00 Å². The van der Waals surface area contributed by atoms with Crippen molar-refractivity contribution in [2.45, 2.75) is 20.8 Å². The van der Waals surface area contributed by atoms with Crippen molar-refractivity contribution in [1.82, 2.24) is 9.78 Å². The summed E-state index contributed by atoms with van der Waals surface area (Å²) in [5.41, 5.74) is -0.0266. The molecule has 152 valence electrons. The molecule has 2 aromatic heterocycles. The number of aromatic nitrogens is 2. The Kier molecular flexibility index (Phi) is 5.97. The number of rotatable bonds is 6. The highest BCUT2D eigenvalue weighted by Gasteiger charge is 2.23. The number of benzene rings is 1. The third-order valence-electron chi connectivity index (χ3n) is 4.18. The van der Waals surface area contributed by atoms with Gasteiger partial charge in [-0.2, -0.15) is 9.78 Å². The third-order valence-corrected chi connectivity index (χ3v) is 5.08. The summed E-state index contributed by atoms with van der Waals surface area (Å²) in [5, 5.41) is 9.58. The highest BCUT2D eigenvalue weighted by Crippen LogP contribution is 2.31. The van der Waals surface area contributed by atoms with Crippen LogP contribution in [0.5, 0.6) is 5.75 Å². The van der Waals surface area contributed by atoms with Crippen molar-refractivity contribution in [1.29, 1.82) is 0 Å². The van der Waals surface area contributed by atoms with Gasteiger partial charge in [-0.3, -0.25) is 9.59 Å². The van der Waals surface area contributed by atoms with Crippen molar-refractivity contribution in [3.8, 4) is 11.4 Å². The number of amides is 1. The molecule has 0 aliphatic heterocycles. The van der Waals surface area contributed by atoms with Crippen LogP contribution in [0.15, 0.2) is 34.4 Å². The monoisotopic (exact) mass is 415 g/mol. The molecule has 8 nitrogen and oxygen atoms in total. The van der Waals surface area contributed by atoms with Gasteiger partial charge in [0.2, 0.25) is 5.91 Å². The zero-order valence-electron chi connectivity index (χ0n) is 16.5. The summed E-state index contributed by atoms with van der Waals surface area (Å²) in [6.45, 7) is 5.37. The van der Waals surface area contributed by atoms with Gasteiger partial charge in [0.05, 0.1) is 24.8 Å². The zero-order valence-corrected chi connectivity index (χ0v) is 17.3. The molecule has 0 atom stereocenters. The van der Waals surface area contributed by atoms with Gasteiger partial charge in [-0.25, -0.2) is 4.79 Å². The van der Waals surface area contributed by atoms with E-state index in [4.69, 9.17) is 9.47 Å². The quantitative estimate of drug-likeness (QED) is 0.621. The minimum absolute atomic E-state index is 0.00515. The van der Waals surface area contributed by atoms with Gasteiger partial charge in [-0.1, -0.05) is 19.9 Å². The van der Waals surface area contributed by atoms with Crippen LogP contribution < -0.4 is 15.6 Å². The van der Waals surface area contributed by atoms with Crippen molar-refractivity contribution >= 4 is 39.0 Å². The van der Waals surface area contributed by atoms with Crippen LogP contribution in [-0.2, 0) is 9.53 Å². The number of carbonyl (C=O) groups is 2. The molecule has 0 spiro atoms. The molecule has 0 fully saturated rings. The van der Waals surface area contributed by atoms with Gasteiger partial charge < -0.3 is 14.8 Å². The lowest BCUT2D eigenvalue weighted by molar-refractivity contribution is -0.118. The number of anilines is 1. The molecule has 3 aromatic rings. The van der Waals surface area contributed by atoms with Crippen molar-refractivity contribution in [3.05, 3.63) is 45.7 Å². The Bertz CT molecular complexity index is 1130. The van der Waals surface area contributed by atoms with Crippen molar-refractivity contribution in [2.24, 2.45) is 5.92 Å². The maximum atomic E-state index is 13.3. The number of carbonyl (C=O) groups excluding carboxylic acids is 2. The molecule has 1 N–H and O–H groups in total. The summed E-state index contributed by atoms with van der Waals surface area (Å²) in [4.78, 5) is 38.0. The predicted octanol–water partition coefficient (Wildman–Crippen LogP) is 3.23. The standard InChI is InChI=1S/C20H21N3O5S/c1-5-28-20(26)16-14-10-29-18(21-17(24)11(2)3)15(14)19(25)23(22-16)12-7-6-8-13(9-12)27-4/h6-11H,5H2,1-4H3,(H,21,24). The Morgan fingerprint density at radius 2 is 2.07 bits per heavy atom. The average Bonchev–Trinajstić information content (AvgIpc) is 3.12. The van der Waals surface area contributed by atoms with Crippen LogP contribution in [-0.4, -0.2) is 35.4 Å². The molecule has 2 heterocycles. The molecule has 3 rings (SSSR count). The normalized spacial score (nSPS) is 10.9. The first-order valence-electron chi connectivity index (χ1n) is 9.04. The van der Waals surface area contributed by atoms with Gasteiger partial charge in [-0.05, 0) is 19.1 Å². The molecular weight excluding hydrogens is 394 g/mol. The van der Waals surface area contributed by atoms with E-state index in [-0.39, 0.29) is 29.5 Å². The van der Waals surface area contributed by atoms with E-state index in [1.165, 1.54) is 18.4 Å².